The summed E-state index contributed by atoms with van der Waals surface area (Å²) in [4.78, 5) is 3.92. The van der Waals surface area contributed by atoms with Gasteiger partial charge in [-0.15, -0.1) is 0 Å². The molecule has 0 saturated heterocycles. The van der Waals surface area contributed by atoms with Crippen molar-refractivity contribution in [1.82, 2.24) is 20.1 Å². The molecule has 2 unspecified atom stereocenters. The predicted molar refractivity (Wildman–Crippen MR) is 67.6 cm³/mol. The number of nitrogens with zero attached hydrogens (tertiary/aromatic N) is 3. The summed E-state index contributed by atoms with van der Waals surface area (Å²) < 4.78 is 1.84. The van der Waals surface area contributed by atoms with Gasteiger partial charge < -0.3 is 10.4 Å². The molecular weight excluding hydrogens is 216 g/mol. The van der Waals surface area contributed by atoms with Crippen molar-refractivity contribution in [1.29, 1.82) is 0 Å². The van der Waals surface area contributed by atoms with Crippen LogP contribution in [0.4, 0.5) is 0 Å². The highest BCUT2D eigenvalue weighted by Gasteiger charge is 2.15. The van der Waals surface area contributed by atoms with Crippen molar-refractivity contribution in [3.63, 3.8) is 0 Å². The lowest BCUT2D eigenvalue weighted by atomic mass is 10.00. The maximum absolute atomic E-state index is 9.02. The van der Waals surface area contributed by atoms with Gasteiger partial charge in [0, 0.05) is 25.2 Å². The summed E-state index contributed by atoms with van der Waals surface area (Å²) in [6, 6.07) is 0.795. The van der Waals surface area contributed by atoms with E-state index in [0.29, 0.717) is 18.0 Å². The van der Waals surface area contributed by atoms with Crippen LogP contribution < -0.4 is 5.32 Å². The third-order valence-electron chi connectivity index (χ3n) is 3.00. The molecule has 1 rings (SSSR count). The summed E-state index contributed by atoms with van der Waals surface area (Å²) in [5.41, 5.74) is 0. The maximum atomic E-state index is 9.02. The molecule has 0 aliphatic heterocycles. The van der Waals surface area contributed by atoms with Crippen LogP contribution in [0.5, 0.6) is 0 Å². The number of aliphatic hydroxyl groups excluding tert-OH is 1. The topological polar surface area (TPSA) is 63.0 Å². The Kier molecular flexibility index (Phi) is 6.15. The summed E-state index contributed by atoms with van der Waals surface area (Å²) in [6.07, 6.45) is 5.12. The molecule has 2 N–H and O–H groups in total. The van der Waals surface area contributed by atoms with Crippen molar-refractivity contribution < 1.29 is 5.11 Å². The second-order valence-corrected chi connectivity index (χ2v) is 4.88. The van der Waals surface area contributed by atoms with Gasteiger partial charge in [0.2, 0.25) is 0 Å². The van der Waals surface area contributed by atoms with Crippen LogP contribution in [0.2, 0.25) is 0 Å². The molecule has 5 nitrogen and oxygen atoms in total. The zero-order valence-electron chi connectivity index (χ0n) is 11.0. The minimum atomic E-state index is 0.242. The van der Waals surface area contributed by atoms with Gasteiger partial charge in [0.25, 0.3) is 0 Å². The Hall–Kier alpha value is -0.940. The lowest BCUT2D eigenvalue weighted by Gasteiger charge is -2.26. The van der Waals surface area contributed by atoms with Crippen molar-refractivity contribution in [2.75, 3.05) is 6.61 Å². The molecule has 1 heterocycles. The van der Waals surface area contributed by atoms with Gasteiger partial charge in [-0.05, 0) is 25.7 Å². The second-order valence-electron chi connectivity index (χ2n) is 4.88. The summed E-state index contributed by atoms with van der Waals surface area (Å²) in [5.74, 6) is 0.538. The maximum Gasteiger partial charge on any atom is 0.137 e. The fourth-order valence-electron chi connectivity index (χ4n) is 1.87. The normalized spacial score (nSPS) is 15.1. The molecule has 0 aliphatic carbocycles. The number of aromatic nitrogens is 3. The first-order valence-electron chi connectivity index (χ1n) is 6.32. The molecule has 0 amide bonds. The molecule has 0 bridgehead atoms. The SMILES string of the molecule is CC(CCn1cncn1)NC(CCO)C(C)C. The first-order chi connectivity index (χ1) is 8.13. The highest BCUT2D eigenvalue weighted by molar-refractivity contribution is 4.74. The zero-order chi connectivity index (χ0) is 12.7. The molecule has 0 aliphatic rings. The molecule has 2 atom stereocenters. The first kappa shape index (κ1) is 14.1. The third kappa shape index (κ3) is 5.28. The fraction of sp³-hybridized carbons (Fsp3) is 0.833. The van der Waals surface area contributed by atoms with E-state index in [4.69, 9.17) is 5.11 Å². The predicted octanol–water partition coefficient (Wildman–Crippen LogP) is 1.05. The van der Waals surface area contributed by atoms with E-state index in [1.165, 1.54) is 0 Å². The smallest absolute Gasteiger partial charge is 0.137 e. The number of aliphatic hydroxyl groups is 1. The number of rotatable bonds is 8. The standard InChI is InChI=1S/C12H24N4O/c1-10(2)12(5-7-17)15-11(3)4-6-16-9-13-8-14-16/h8-12,15,17H,4-7H2,1-3H3. The molecule has 0 radical (unpaired) electrons. The lowest BCUT2D eigenvalue weighted by Crippen LogP contribution is -2.41. The molecular formula is C12H24N4O. The third-order valence-corrected chi connectivity index (χ3v) is 3.00. The first-order valence-corrected chi connectivity index (χ1v) is 6.32. The van der Waals surface area contributed by atoms with Crippen molar-refractivity contribution in [2.45, 2.75) is 52.2 Å². The minimum absolute atomic E-state index is 0.242. The summed E-state index contributed by atoms with van der Waals surface area (Å²) in [6.45, 7) is 7.64. The lowest BCUT2D eigenvalue weighted by molar-refractivity contribution is 0.233. The Balaban J connectivity index is 2.29. The van der Waals surface area contributed by atoms with Gasteiger partial charge >= 0.3 is 0 Å². The van der Waals surface area contributed by atoms with Gasteiger partial charge in [-0.2, -0.15) is 5.10 Å². The summed E-state index contributed by atoms with van der Waals surface area (Å²) in [7, 11) is 0. The van der Waals surface area contributed by atoms with Gasteiger partial charge in [-0.1, -0.05) is 13.8 Å². The van der Waals surface area contributed by atoms with Gasteiger partial charge in [0.1, 0.15) is 12.7 Å². The summed E-state index contributed by atoms with van der Waals surface area (Å²) in [5, 5.41) is 16.7. The largest absolute Gasteiger partial charge is 0.396 e. The Labute approximate surface area is 103 Å². The van der Waals surface area contributed by atoms with Crippen LogP contribution in [-0.4, -0.2) is 38.6 Å². The van der Waals surface area contributed by atoms with Gasteiger partial charge in [-0.25, -0.2) is 4.98 Å². The molecule has 1 aromatic heterocycles. The van der Waals surface area contributed by atoms with E-state index in [0.717, 1.165) is 19.4 Å². The Morgan fingerprint density at radius 2 is 2.06 bits per heavy atom. The average Bonchev–Trinajstić information content (AvgIpc) is 2.78. The van der Waals surface area contributed by atoms with E-state index >= 15 is 0 Å². The second kappa shape index (κ2) is 7.40. The van der Waals surface area contributed by atoms with Crippen molar-refractivity contribution in [2.24, 2.45) is 5.92 Å². The van der Waals surface area contributed by atoms with Crippen LogP contribution in [0, 0.1) is 5.92 Å². The quantitative estimate of drug-likeness (QED) is 0.713. The highest BCUT2D eigenvalue weighted by atomic mass is 16.3. The van der Waals surface area contributed by atoms with E-state index in [-0.39, 0.29) is 6.61 Å². The zero-order valence-corrected chi connectivity index (χ0v) is 11.0. The monoisotopic (exact) mass is 240 g/mol. The van der Waals surface area contributed by atoms with Crippen molar-refractivity contribution in [3.05, 3.63) is 12.7 Å². The molecule has 0 aromatic carbocycles. The average molecular weight is 240 g/mol. The van der Waals surface area contributed by atoms with E-state index in [2.05, 4.69) is 36.2 Å². The summed E-state index contributed by atoms with van der Waals surface area (Å²) >= 11 is 0. The van der Waals surface area contributed by atoms with Crippen molar-refractivity contribution >= 4 is 0 Å². The van der Waals surface area contributed by atoms with Crippen LogP contribution in [-0.2, 0) is 6.54 Å². The van der Waals surface area contributed by atoms with Crippen LogP contribution >= 0.6 is 0 Å². The van der Waals surface area contributed by atoms with Gasteiger partial charge in [0.05, 0.1) is 0 Å². The number of hydrogen-bond acceptors (Lipinski definition) is 4. The van der Waals surface area contributed by atoms with E-state index in [1.54, 1.807) is 12.7 Å². The number of nitrogens with one attached hydrogen (secondary N) is 1. The van der Waals surface area contributed by atoms with E-state index in [9.17, 15) is 0 Å². The number of aryl methyl sites for hydroxylation is 1. The molecule has 17 heavy (non-hydrogen) atoms. The highest BCUT2D eigenvalue weighted by Crippen LogP contribution is 2.08. The Bertz CT molecular complexity index is 287. The van der Waals surface area contributed by atoms with E-state index in [1.807, 2.05) is 4.68 Å². The van der Waals surface area contributed by atoms with Crippen LogP contribution in [0.1, 0.15) is 33.6 Å². The molecule has 5 heteroatoms. The fourth-order valence-corrected chi connectivity index (χ4v) is 1.87. The minimum Gasteiger partial charge on any atom is -0.396 e. The van der Waals surface area contributed by atoms with Crippen LogP contribution in [0.25, 0.3) is 0 Å². The molecule has 0 fully saturated rings. The van der Waals surface area contributed by atoms with E-state index < -0.39 is 0 Å². The molecule has 98 valence electrons. The number of hydrogen-bond donors (Lipinski definition) is 2. The molecule has 0 saturated carbocycles. The van der Waals surface area contributed by atoms with Gasteiger partial charge in [0.15, 0.2) is 0 Å². The van der Waals surface area contributed by atoms with Gasteiger partial charge in [-0.3, -0.25) is 4.68 Å². The van der Waals surface area contributed by atoms with Crippen LogP contribution in [0.3, 0.4) is 0 Å². The Morgan fingerprint density at radius 1 is 1.29 bits per heavy atom. The molecule has 1 aromatic rings. The Morgan fingerprint density at radius 3 is 2.59 bits per heavy atom. The van der Waals surface area contributed by atoms with Crippen molar-refractivity contribution in [3.8, 4) is 0 Å². The van der Waals surface area contributed by atoms with Crippen LogP contribution in [0.15, 0.2) is 12.7 Å². The molecule has 0 spiro atoms.